The number of nitrogens with zero attached hydrogens (tertiary/aromatic N) is 1. The van der Waals surface area contributed by atoms with Gasteiger partial charge in [0.15, 0.2) is 0 Å². The Morgan fingerprint density at radius 1 is 1.33 bits per heavy atom. The zero-order chi connectivity index (χ0) is 15.7. The van der Waals surface area contributed by atoms with Gasteiger partial charge in [0.1, 0.15) is 6.04 Å². The van der Waals surface area contributed by atoms with Gasteiger partial charge in [-0.25, -0.2) is 4.79 Å². The lowest BCUT2D eigenvalue weighted by molar-refractivity contribution is -0.139. The third-order valence-electron chi connectivity index (χ3n) is 5.23. The molecule has 1 aliphatic heterocycles. The first kappa shape index (κ1) is 16.1. The normalized spacial score (nSPS) is 32.4. The SMILES string of the molecule is CC[C@@H]1[C@@H]2C[C@@H](C[C@H]2C)N1C(=O)[C@@H](NC(=O)OC)C(C)C. The molecule has 2 fully saturated rings. The Kier molecular flexibility index (Phi) is 4.79. The molecule has 2 aliphatic rings. The molecule has 0 aromatic heterocycles. The van der Waals surface area contributed by atoms with Crippen LogP contribution in [0.5, 0.6) is 0 Å². The highest BCUT2D eigenvalue weighted by molar-refractivity contribution is 5.86. The molecule has 5 atom stereocenters. The molecule has 0 unspecified atom stereocenters. The minimum Gasteiger partial charge on any atom is -0.453 e. The number of carbonyl (C=O) groups is 2. The summed E-state index contributed by atoms with van der Waals surface area (Å²) < 4.78 is 4.66. The summed E-state index contributed by atoms with van der Waals surface area (Å²) in [6.45, 7) is 8.35. The van der Waals surface area contributed by atoms with Crippen molar-refractivity contribution in [2.45, 2.75) is 65.1 Å². The zero-order valence-electron chi connectivity index (χ0n) is 13.8. The molecule has 21 heavy (non-hydrogen) atoms. The average Bonchev–Trinajstić information content (AvgIpc) is 2.99. The van der Waals surface area contributed by atoms with Crippen LogP contribution in [0.1, 0.15) is 47.0 Å². The fraction of sp³-hybridized carbons (Fsp3) is 0.875. The maximum absolute atomic E-state index is 13.0. The first-order valence-corrected chi connectivity index (χ1v) is 8.07. The summed E-state index contributed by atoms with van der Waals surface area (Å²) in [5, 5.41) is 2.71. The van der Waals surface area contributed by atoms with E-state index in [1.807, 2.05) is 13.8 Å². The molecule has 0 aromatic carbocycles. The van der Waals surface area contributed by atoms with Crippen LogP contribution < -0.4 is 5.32 Å². The van der Waals surface area contributed by atoms with Crippen LogP contribution in [0.25, 0.3) is 0 Å². The number of rotatable bonds is 4. The minimum absolute atomic E-state index is 0.0469. The number of hydrogen-bond donors (Lipinski definition) is 1. The Morgan fingerprint density at radius 3 is 2.52 bits per heavy atom. The van der Waals surface area contributed by atoms with Crippen LogP contribution >= 0.6 is 0 Å². The molecule has 0 spiro atoms. The van der Waals surface area contributed by atoms with Gasteiger partial charge in [-0.2, -0.15) is 0 Å². The number of piperidine rings is 1. The van der Waals surface area contributed by atoms with E-state index in [0.717, 1.165) is 19.3 Å². The van der Waals surface area contributed by atoms with E-state index in [2.05, 4.69) is 28.8 Å². The number of methoxy groups -OCH3 is 1. The fourth-order valence-corrected chi connectivity index (χ4v) is 4.19. The highest BCUT2D eigenvalue weighted by atomic mass is 16.5. The number of ether oxygens (including phenoxy) is 1. The highest BCUT2D eigenvalue weighted by Gasteiger charge is 2.51. The van der Waals surface area contributed by atoms with Crippen molar-refractivity contribution < 1.29 is 14.3 Å². The van der Waals surface area contributed by atoms with E-state index in [1.165, 1.54) is 7.11 Å². The second kappa shape index (κ2) is 6.24. The molecule has 1 N–H and O–H groups in total. The van der Waals surface area contributed by atoms with Crippen molar-refractivity contribution in [3.63, 3.8) is 0 Å². The van der Waals surface area contributed by atoms with Crippen molar-refractivity contribution in [3.8, 4) is 0 Å². The molecule has 2 rings (SSSR count). The first-order valence-electron chi connectivity index (χ1n) is 8.07. The Morgan fingerprint density at radius 2 is 2.00 bits per heavy atom. The Bertz CT molecular complexity index is 410. The molecule has 5 nitrogen and oxygen atoms in total. The molecule has 2 amide bonds. The van der Waals surface area contributed by atoms with Gasteiger partial charge < -0.3 is 15.0 Å². The molecule has 1 saturated carbocycles. The van der Waals surface area contributed by atoms with Crippen molar-refractivity contribution in [2.24, 2.45) is 17.8 Å². The van der Waals surface area contributed by atoms with Gasteiger partial charge in [-0.15, -0.1) is 0 Å². The van der Waals surface area contributed by atoms with Crippen LogP contribution in [0.4, 0.5) is 4.79 Å². The first-order chi connectivity index (χ1) is 9.90. The molecule has 120 valence electrons. The average molecular weight is 296 g/mol. The summed E-state index contributed by atoms with van der Waals surface area (Å²) in [5.74, 6) is 1.43. The highest BCUT2D eigenvalue weighted by Crippen LogP contribution is 2.47. The van der Waals surface area contributed by atoms with Crippen LogP contribution in [-0.4, -0.2) is 42.1 Å². The number of carbonyl (C=O) groups excluding carboxylic acids is 2. The summed E-state index contributed by atoms with van der Waals surface area (Å²) in [4.78, 5) is 26.5. The smallest absolute Gasteiger partial charge is 0.407 e. The summed E-state index contributed by atoms with van der Waals surface area (Å²) in [6.07, 6.45) is 2.66. The minimum atomic E-state index is -0.534. The number of likely N-dealkylation sites (tertiary alicyclic amines) is 1. The van der Waals surface area contributed by atoms with Crippen LogP contribution in [0.3, 0.4) is 0 Å². The largest absolute Gasteiger partial charge is 0.453 e. The van der Waals surface area contributed by atoms with Crippen molar-refractivity contribution >= 4 is 12.0 Å². The van der Waals surface area contributed by atoms with Gasteiger partial charge in [-0.1, -0.05) is 27.7 Å². The van der Waals surface area contributed by atoms with E-state index >= 15 is 0 Å². The van der Waals surface area contributed by atoms with Crippen molar-refractivity contribution in [2.75, 3.05) is 7.11 Å². The van der Waals surface area contributed by atoms with Gasteiger partial charge in [0.05, 0.1) is 7.11 Å². The van der Waals surface area contributed by atoms with Gasteiger partial charge in [-0.05, 0) is 37.0 Å². The van der Waals surface area contributed by atoms with Crippen molar-refractivity contribution in [3.05, 3.63) is 0 Å². The monoisotopic (exact) mass is 296 g/mol. The van der Waals surface area contributed by atoms with Gasteiger partial charge in [-0.3, -0.25) is 4.79 Å². The van der Waals surface area contributed by atoms with Gasteiger partial charge in [0.25, 0.3) is 0 Å². The molecule has 5 heteroatoms. The Balaban J connectivity index is 2.15. The van der Waals surface area contributed by atoms with E-state index in [9.17, 15) is 9.59 Å². The third kappa shape index (κ3) is 2.87. The second-order valence-electron chi connectivity index (χ2n) is 6.85. The van der Waals surface area contributed by atoms with E-state index in [-0.39, 0.29) is 11.8 Å². The van der Waals surface area contributed by atoms with E-state index in [4.69, 9.17) is 0 Å². The van der Waals surface area contributed by atoms with Gasteiger partial charge in [0.2, 0.25) is 5.91 Å². The molecule has 1 saturated heterocycles. The number of amides is 2. The van der Waals surface area contributed by atoms with Gasteiger partial charge in [0, 0.05) is 12.1 Å². The molecule has 2 bridgehead atoms. The number of fused-ring (bicyclic) bond motifs is 2. The molecule has 0 aromatic rings. The Hall–Kier alpha value is -1.26. The van der Waals surface area contributed by atoms with Crippen LogP contribution in [-0.2, 0) is 9.53 Å². The Labute approximate surface area is 127 Å². The summed E-state index contributed by atoms with van der Waals surface area (Å²) in [6, 6.07) is 0.177. The lowest BCUT2D eigenvalue weighted by atomic mass is 9.87. The number of alkyl carbamates (subject to hydrolysis) is 1. The predicted octanol–water partition coefficient (Wildman–Crippen LogP) is 2.40. The number of hydrogen-bond acceptors (Lipinski definition) is 3. The van der Waals surface area contributed by atoms with Crippen LogP contribution in [0, 0.1) is 17.8 Å². The quantitative estimate of drug-likeness (QED) is 0.866. The van der Waals surface area contributed by atoms with E-state index < -0.39 is 12.1 Å². The van der Waals surface area contributed by atoms with E-state index in [1.54, 1.807) is 0 Å². The van der Waals surface area contributed by atoms with Crippen molar-refractivity contribution in [1.82, 2.24) is 10.2 Å². The second-order valence-corrected chi connectivity index (χ2v) is 6.85. The predicted molar refractivity (Wildman–Crippen MR) is 80.8 cm³/mol. The summed E-state index contributed by atoms with van der Waals surface area (Å²) in [5.41, 5.74) is 0. The molecule has 1 heterocycles. The summed E-state index contributed by atoms with van der Waals surface area (Å²) >= 11 is 0. The maximum atomic E-state index is 13.0. The lowest BCUT2D eigenvalue weighted by Crippen LogP contribution is -2.56. The molecular formula is C16H28N2O3. The lowest BCUT2D eigenvalue weighted by Gasteiger charge is -2.40. The molecule has 0 radical (unpaired) electrons. The number of nitrogens with one attached hydrogen (secondary N) is 1. The standard InChI is InChI=1S/C16H28N2O3/c1-6-13-12-8-11(7-10(12)4)18(13)15(19)14(9(2)3)17-16(20)21-5/h9-14H,6-8H2,1-5H3,(H,17,20)/t10-,11-,12-,13-,14+/m1/s1. The fourth-order valence-electron chi connectivity index (χ4n) is 4.19. The van der Waals surface area contributed by atoms with Crippen LogP contribution in [0.2, 0.25) is 0 Å². The van der Waals surface area contributed by atoms with Gasteiger partial charge >= 0.3 is 6.09 Å². The van der Waals surface area contributed by atoms with E-state index in [0.29, 0.717) is 23.9 Å². The van der Waals surface area contributed by atoms with Crippen LogP contribution in [0.15, 0.2) is 0 Å². The molecular weight excluding hydrogens is 268 g/mol. The topological polar surface area (TPSA) is 58.6 Å². The summed E-state index contributed by atoms with van der Waals surface area (Å²) in [7, 11) is 1.32. The zero-order valence-corrected chi connectivity index (χ0v) is 13.8. The van der Waals surface area contributed by atoms with Crippen molar-refractivity contribution in [1.29, 1.82) is 0 Å². The molecule has 1 aliphatic carbocycles. The third-order valence-corrected chi connectivity index (χ3v) is 5.23. The maximum Gasteiger partial charge on any atom is 0.407 e.